The topological polar surface area (TPSA) is 12.0 Å². The van der Waals surface area contributed by atoms with Crippen LogP contribution < -0.4 is 5.32 Å². The van der Waals surface area contributed by atoms with Gasteiger partial charge in [0.2, 0.25) is 0 Å². The Labute approximate surface area is 86.5 Å². The van der Waals surface area contributed by atoms with Gasteiger partial charge in [-0.1, -0.05) is 32.9 Å². The molecule has 76 valence electrons. The van der Waals surface area contributed by atoms with Crippen molar-refractivity contribution in [2.75, 3.05) is 5.32 Å². The highest BCUT2D eigenvalue weighted by Crippen LogP contribution is 2.31. The van der Waals surface area contributed by atoms with Crippen molar-refractivity contribution in [2.45, 2.75) is 45.6 Å². The maximum atomic E-state index is 3.48. The summed E-state index contributed by atoms with van der Waals surface area (Å²) >= 11 is 0. The van der Waals surface area contributed by atoms with Crippen molar-refractivity contribution in [2.24, 2.45) is 0 Å². The minimum Gasteiger partial charge on any atom is -0.382 e. The monoisotopic (exact) mass is 189 g/mol. The Hall–Kier alpha value is -0.980. The molecule has 0 saturated carbocycles. The van der Waals surface area contributed by atoms with Gasteiger partial charge in [0.05, 0.1) is 0 Å². The average Bonchev–Trinajstić information content (AvgIpc) is 2.41. The molecule has 1 atom stereocenters. The zero-order valence-electron chi connectivity index (χ0n) is 9.52. The zero-order chi connectivity index (χ0) is 10.3. The fraction of sp³-hybridized carbons (Fsp3) is 0.538. The first kappa shape index (κ1) is 9.57. The Kier molecular flexibility index (Phi) is 2.06. The van der Waals surface area contributed by atoms with Crippen LogP contribution in [0.3, 0.4) is 0 Å². The summed E-state index contributed by atoms with van der Waals surface area (Å²) in [5, 5.41) is 3.48. The first-order valence-electron chi connectivity index (χ1n) is 5.37. The van der Waals surface area contributed by atoms with Gasteiger partial charge in [0.15, 0.2) is 0 Å². The van der Waals surface area contributed by atoms with E-state index in [4.69, 9.17) is 0 Å². The van der Waals surface area contributed by atoms with Crippen LogP contribution in [0, 0.1) is 0 Å². The Morgan fingerprint density at radius 3 is 2.64 bits per heavy atom. The molecule has 1 unspecified atom stereocenters. The average molecular weight is 189 g/mol. The molecule has 1 aromatic carbocycles. The summed E-state index contributed by atoms with van der Waals surface area (Å²) in [6.07, 6.45) is 1.17. The summed E-state index contributed by atoms with van der Waals surface area (Å²) in [6, 6.07) is 7.41. The molecule has 0 aromatic heterocycles. The summed E-state index contributed by atoms with van der Waals surface area (Å²) in [5.74, 6) is 0. The van der Waals surface area contributed by atoms with E-state index < -0.39 is 0 Å². The van der Waals surface area contributed by atoms with Gasteiger partial charge in [-0.3, -0.25) is 0 Å². The number of benzene rings is 1. The predicted molar refractivity (Wildman–Crippen MR) is 61.9 cm³/mol. The van der Waals surface area contributed by atoms with Gasteiger partial charge in [0, 0.05) is 11.7 Å². The normalized spacial score (nSPS) is 20.4. The molecule has 2 rings (SSSR count). The maximum absolute atomic E-state index is 3.48. The van der Waals surface area contributed by atoms with Crippen LogP contribution in [0.25, 0.3) is 0 Å². The quantitative estimate of drug-likeness (QED) is 0.660. The summed E-state index contributed by atoms with van der Waals surface area (Å²) in [7, 11) is 0. The first-order valence-corrected chi connectivity index (χ1v) is 5.37. The van der Waals surface area contributed by atoms with Crippen LogP contribution in [-0.2, 0) is 11.8 Å². The second-order valence-electron chi connectivity index (χ2n) is 5.37. The Morgan fingerprint density at radius 1 is 1.29 bits per heavy atom. The lowest BCUT2D eigenvalue weighted by Crippen LogP contribution is -2.11. The number of hydrogen-bond acceptors (Lipinski definition) is 1. The van der Waals surface area contributed by atoms with Gasteiger partial charge in [0.25, 0.3) is 0 Å². The number of fused-ring (bicyclic) bond motifs is 1. The van der Waals surface area contributed by atoms with E-state index in [0.29, 0.717) is 6.04 Å². The van der Waals surface area contributed by atoms with Crippen molar-refractivity contribution in [1.82, 2.24) is 0 Å². The fourth-order valence-electron chi connectivity index (χ4n) is 2.02. The molecule has 0 bridgehead atoms. The molecule has 0 spiro atoms. The molecule has 14 heavy (non-hydrogen) atoms. The third-order valence-electron chi connectivity index (χ3n) is 2.90. The van der Waals surface area contributed by atoms with Crippen molar-refractivity contribution in [3.05, 3.63) is 29.3 Å². The van der Waals surface area contributed by atoms with Crippen LogP contribution in [0.15, 0.2) is 18.2 Å². The summed E-state index contributed by atoms with van der Waals surface area (Å²) in [5.41, 5.74) is 4.50. The van der Waals surface area contributed by atoms with Gasteiger partial charge in [-0.25, -0.2) is 0 Å². The largest absolute Gasteiger partial charge is 0.382 e. The molecule has 0 saturated heterocycles. The van der Waals surface area contributed by atoms with E-state index in [1.54, 1.807) is 0 Å². The zero-order valence-corrected chi connectivity index (χ0v) is 9.52. The highest BCUT2D eigenvalue weighted by Gasteiger charge is 2.20. The molecule has 0 fully saturated rings. The Bertz CT molecular complexity index is 347. The minimum absolute atomic E-state index is 0.265. The van der Waals surface area contributed by atoms with Crippen molar-refractivity contribution in [3.8, 4) is 0 Å². The second kappa shape index (κ2) is 3.01. The predicted octanol–water partition coefficient (Wildman–Crippen LogP) is 3.34. The molecule has 0 aliphatic carbocycles. The Balaban J connectivity index is 2.38. The van der Waals surface area contributed by atoms with E-state index in [9.17, 15) is 0 Å². The molecule has 0 amide bonds. The number of rotatable bonds is 0. The van der Waals surface area contributed by atoms with Crippen molar-refractivity contribution >= 4 is 5.69 Å². The molecular weight excluding hydrogens is 170 g/mol. The molecule has 0 radical (unpaired) electrons. The standard InChI is InChI=1S/C13H19N/c1-9-7-10-8-11(13(2,3)4)5-6-12(10)14-9/h5-6,8-9,14H,7H2,1-4H3. The van der Waals surface area contributed by atoms with E-state index >= 15 is 0 Å². The van der Waals surface area contributed by atoms with Gasteiger partial charge in [0.1, 0.15) is 0 Å². The molecule has 1 aliphatic heterocycles. The number of anilines is 1. The van der Waals surface area contributed by atoms with E-state index in [0.717, 1.165) is 0 Å². The van der Waals surface area contributed by atoms with Crippen molar-refractivity contribution in [3.63, 3.8) is 0 Å². The minimum atomic E-state index is 0.265. The van der Waals surface area contributed by atoms with Crippen LogP contribution in [-0.4, -0.2) is 6.04 Å². The van der Waals surface area contributed by atoms with Crippen LogP contribution in [0.4, 0.5) is 5.69 Å². The molecule has 1 aromatic rings. The van der Waals surface area contributed by atoms with Crippen molar-refractivity contribution in [1.29, 1.82) is 0 Å². The summed E-state index contributed by atoms with van der Waals surface area (Å²) in [4.78, 5) is 0. The molecule has 1 heterocycles. The fourth-order valence-corrected chi connectivity index (χ4v) is 2.02. The first-order chi connectivity index (χ1) is 6.47. The van der Waals surface area contributed by atoms with Crippen LogP contribution >= 0.6 is 0 Å². The lowest BCUT2D eigenvalue weighted by molar-refractivity contribution is 0.589. The lowest BCUT2D eigenvalue weighted by Gasteiger charge is -2.19. The molecule has 1 N–H and O–H groups in total. The van der Waals surface area contributed by atoms with Gasteiger partial charge in [-0.2, -0.15) is 0 Å². The van der Waals surface area contributed by atoms with Gasteiger partial charge in [-0.05, 0) is 36.0 Å². The molecular formula is C13H19N. The smallest absolute Gasteiger partial charge is 0.0375 e. The number of hydrogen-bond donors (Lipinski definition) is 1. The SMILES string of the molecule is CC1Cc2cc(C(C)(C)C)ccc2N1. The Morgan fingerprint density at radius 2 is 2.00 bits per heavy atom. The summed E-state index contributed by atoms with van der Waals surface area (Å²) < 4.78 is 0. The van der Waals surface area contributed by atoms with E-state index in [2.05, 4.69) is 51.2 Å². The van der Waals surface area contributed by atoms with E-state index in [-0.39, 0.29) is 5.41 Å². The van der Waals surface area contributed by atoms with E-state index in [1.807, 2.05) is 0 Å². The van der Waals surface area contributed by atoms with Crippen LogP contribution in [0.2, 0.25) is 0 Å². The second-order valence-corrected chi connectivity index (χ2v) is 5.37. The highest BCUT2D eigenvalue weighted by molar-refractivity contribution is 5.58. The summed E-state index contributed by atoms with van der Waals surface area (Å²) in [6.45, 7) is 9.03. The molecule has 1 heteroatoms. The van der Waals surface area contributed by atoms with Gasteiger partial charge in [-0.15, -0.1) is 0 Å². The van der Waals surface area contributed by atoms with Crippen LogP contribution in [0.1, 0.15) is 38.8 Å². The number of nitrogens with one attached hydrogen (secondary N) is 1. The van der Waals surface area contributed by atoms with Gasteiger partial charge >= 0.3 is 0 Å². The third-order valence-corrected chi connectivity index (χ3v) is 2.90. The maximum Gasteiger partial charge on any atom is 0.0375 e. The molecule has 1 aliphatic rings. The van der Waals surface area contributed by atoms with Gasteiger partial charge < -0.3 is 5.32 Å². The third kappa shape index (κ3) is 1.63. The lowest BCUT2D eigenvalue weighted by atomic mass is 9.86. The highest BCUT2D eigenvalue weighted by atomic mass is 14.9. The van der Waals surface area contributed by atoms with Crippen LogP contribution in [0.5, 0.6) is 0 Å². The molecule has 1 nitrogen and oxygen atoms in total. The van der Waals surface area contributed by atoms with Crippen molar-refractivity contribution < 1.29 is 0 Å². The van der Waals surface area contributed by atoms with E-state index in [1.165, 1.54) is 23.2 Å².